The second kappa shape index (κ2) is 11.1. The van der Waals surface area contributed by atoms with Crippen LogP contribution in [-0.2, 0) is 0 Å². The second-order valence-corrected chi connectivity index (χ2v) is 10.8. The molecule has 0 unspecified atom stereocenters. The summed E-state index contributed by atoms with van der Waals surface area (Å²) in [5.74, 6) is 3.16. The first-order valence-corrected chi connectivity index (χ1v) is 13.8. The number of fused-ring (bicyclic) bond motifs is 2. The van der Waals surface area contributed by atoms with E-state index in [2.05, 4.69) is 47.5 Å². The maximum absolute atomic E-state index is 13.0. The lowest BCUT2D eigenvalue weighted by atomic mass is 10.1. The average Bonchev–Trinajstić information content (AvgIpc) is 3.31. The maximum atomic E-state index is 13.0. The highest BCUT2D eigenvalue weighted by Gasteiger charge is 2.32. The zero-order valence-corrected chi connectivity index (χ0v) is 23.6. The van der Waals surface area contributed by atoms with Gasteiger partial charge in [-0.3, -0.25) is 9.79 Å². The third-order valence-electron chi connectivity index (χ3n) is 6.89. The molecule has 1 amide bonds. The van der Waals surface area contributed by atoms with E-state index in [4.69, 9.17) is 14.2 Å². The molecule has 0 spiro atoms. The Labute approximate surface area is 231 Å². The first-order valence-electron chi connectivity index (χ1n) is 12.7. The molecule has 1 saturated heterocycles. The van der Waals surface area contributed by atoms with Gasteiger partial charge in [0.05, 0.1) is 34.1 Å². The molecule has 0 bridgehead atoms. The zero-order valence-electron chi connectivity index (χ0n) is 21.4. The summed E-state index contributed by atoms with van der Waals surface area (Å²) >= 11 is 2.27. The van der Waals surface area contributed by atoms with Crippen LogP contribution in [0.5, 0.6) is 23.0 Å². The summed E-state index contributed by atoms with van der Waals surface area (Å²) in [5.41, 5.74) is 4.72. The van der Waals surface area contributed by atoms with Crippen molar-refractivity contribution in [1.82, 2.24) is 4.90 Å². The van der Waals surface area contributed by atoms with Gasteiger partial charge in [0.2, 0.25) is 0 Å². The number of aliphatic imine (C=N–C) groups is 1. The Morgan fingerprint density at radius 3 is 2.57 bits per heavy atom. The van der Waals surface area contributed by atoms with E-state index in [-0.39, 0.29) is 11.9 Å². The molecule has 0 aliphatic carbocycles. The molecule has 1 atom stereocenters. The van der Waals surface area contributed by atoms with Crippen LogP contribution in [0.1, 0.15) is 46.3 Å². The summed E-state index contributed by atoms with van der Waals surface area (Å²) in [7, 11) is 0. The highest BCUT2D eigenvalue weighted by atomic mass is 127. The molecule has 2 aliphatic rings. The quantitative estimate of drug-likeness (QED) is 0.200. The van der Waals surface area contributed by atoms with Crippen molar-refractivity contribution in [2.45, 2.75) is 46.1 Å². The van der Waals surface area contributed by atoms with Crippen molar-refractivity contribution >= 4 is 40.4 Å². The Morgan fingerprint density at radius 2 is 1.73 bits per heavy atom. The van der Waals surface area contributed by atoms with Gasteiger partial charge in [0.25, 0.3) is 5.91 Å². The Bertz CT molecular complexity index is 1350. The summed E-state index contributed by atoms with van der Waals surface area (Å²) < 4.78 is 19.2. The summed E-state index contributed by atoms with van der Waals surface area (Å²) in [5, 5.41) is 0. The molecule has 0 radical (unpaired) electrons. The predicted molar refractivity (Wildman–Crippen MR) is 154 cm³/mol. The number of nitrogens with zero attached hydrogens (tertiary/aromatic N) is 2. The van der Waals surface area contributed by atoms with E-state index in [1.807, 2.05) is 60.5 Å². The number of ether oxygens (including phenoxy) is 3. The lowest BCUT2D eigenvalue weighted by molar-refractivity contribution is 0.0774. The highest BCUT2D eigenvalue weighted by molar-refractivity contribution is 14.1. The molecule has 6 nitrogen and oxygen atoms in total. The van der Waals surface area contributed by atoms with Crippen LogP contribution in [0.25, 0.3) is 0 Å². The van der Waals surface area contributed by atoms with Gasteiger partial charge < -0.3 is 19.1 Å². The molecule has 3 aromatic rings. The minimum Gasteiger partial charge on any atom is -0.493 e. The lowest BCUT2D eigenvalue weighted by Crippen LogP contribution is -2.35. The van der Waals surface area contributed by atoms with Gasteiger partial charge in [0, 0.05) is 31.3 Å². The normalized spacial score (nSPS) is 16.3. The van der Waals surface area contributed by atoms with Gasteiger partial charge in [0.15, 0.2) is 0 Å². The third kappa shape index (κ3) is 5.76. The van der Waals surface area contributed by atoms with Crippen molar-refractivity contribution in [3.8, 4) is 23.0 Å². The van der Waals surface area contributed by atoms with Crippen molar-refractivity contribution in [1.29, 1.82) is 0 Å². The Balaban J connectivity index is 1.16. The van der Waals surface area contributed by atoms with E-state index >= 15 is 0 Å². The fourth-order valence-corrected chi connectivity index (χ4v) is 5.06. The monoisotopic (exact) mass is 610 g/mol. The van der Waals surface area contributed by atoms with Gasteiger partial charge in [0.1, 0.15) is 23.0 Å². The smallest absolute Gasteiger partial charge is 0.256 e. The molecule has 0 aromatic heterocycles. The molecular formula is C30H31IN2O4. The second-order valence-electron chi connectivity index (χ2n) is 9.61. The van der Waals surface area contributed by atoms with Gasteiger partial charge in [-0.15, -0.1) is 0 Å². The van der Waals surface area contributed by atoms with Crippen LogP contribution < -0.4 is 14.2 Å². The number of hydrogen-bond donors (Lipinski definition) is 0. The van der Waals surface area contributed by atoms with Crippen LogP contribution in [0.3, 0.4) is 0 Å². The summed E-state index contributed by atoms with van der Waals surface area (Å²) in [6.07, 6.45) is 4.63. The van der Waals surface area contributed by atoms with Crippen LogP contribution in [0, 0.1) is 24.3 Å². The number of benzene rings is 3. The van der Waals surface area contributed by atoms with Crippen molar-refractivity contribution < 1.29 is 19.0 Å². The van der Waals surface area contributed by atoms with Crippen molar-refractivity contribution in [3.05, 3.63) is 74.4 Å². The summed E-state index contributed by atoms with van der Waals surface area (Å²) in [6.45, 7) is 7.96. The van der Waals surface area contributed by atoms with Crippen LogP contribution >= 0.6 is 22.6 Å². The van der Waals surface area contributed by atoms with Crippen LogP contribution in [-0.4, -0.2) is 42.8 Å². The molecule has 3 aromatic carbocycles. The molecule has 192 valence electrons. The van der Waals surface area contributed by atoms with Crippen LogP contribution in [0.15, 0.2) is 53.5 Å². The van der Waals surface area contributed by atoms with Crippen molar-refractivity contribution in [3.63, 3.8) is 0 Å². The first-order chi connectivity index (χ1) is 17.9. The third-order valence-corrected chi connectivity index (χ3v) is 7.78. The van der Waals surface area contributed by atoms with Crippen molar-refractivity contribution in [2.24, 2.45) is 4.99 Å². The van der Waals surface area contributed by atoms with Crippen LogP contribution in [0.4, 0.5) is 5.69 Å². The molecular weight excluding hydrogens is 579 g/mol. The maximum Gasteiger partial charge on any atom is 0.256 e. The standard InChI is InChI=1S/C30H31IN2O4/c1-19-7-8-24(14-20(19)2)37-29-16-23(9-10-26(29)31)35-12-5-13-36-28-17-27-25(15-21(28)3)30(34)33-11-4-6-22(33)18-32-27/h7-10,14-18,22H,4-6,11-13H2,1-3H3/t22-/m0/s1. The molecule has 0 saturated carbocycles. The lowest BCUT2D eigenvalue weighted by Gasteiger charge is -2.20. The van der Waals surface area contributed by atoms with Gasteiger partial charge in [-0.25, -0.2) is 0 Å². The molecule has 5 rings (SSSR count). The van der Waals surface area contributed by atoms with Crippen molar-refractivity contribution in [2.75, 3.05) is 19.8 Å². The van der Waals surface area contributed by atoms with Gasteiger partial charge in [-0.05, 0) is 103 Å². The number of carbonyl (C=O) groups excluding carboxylic acids is 1. The molecule has 37 heavy (non-hydrogen) atoms. The number of aryl methyl sites for hydroxylation is 3. The first kappa shape index (κ1) is 25.6. The van der Waals surface area contributed by atoms with E-state index < -0.39 is 0 Å². The highest BCUT2D eigenvalue weighted by Crippen LogP contribution is 2.34. The SMILES string of the molecule is Cc1ccc(Oc2cc(OCCCOc3cc4c(cc3C)C(=O)N3CCC[C@H]3C=N4)ccc2I)cc1C. The Hall–Kier alpha value is -3.07. The number of carbonyl (C=O) groups is 1. The van der Waals surface area contributed by atoms with E-state index in [1.54, 1.807) is 0 Å². The Morgan fingerprint density at radius 1 is 0.919 bits per heavy atom. The summed E-state index contributed by atoms with van der Waals surface area (Å²) in [6, 6.07) is 15.9. The summed E-state index contributed by atoms with van der Waals surface area (Å²) in [4.78, 5) is 19.5. The minimum atomic E-state index is 0.0661. The van der Waals surface area contributed by atoms with Gasteiger partial charge >= 0.3 is 0 Å². The van der Waals surface area contributed by atoms with E-state index in [1.165, 1.54) is 11.1 Å². The number of amides is 1. The molecule has 2 heterocycles. The van der Waals surface area contributed by atoms with E-state index in [0.717, 1.165) is 51.5 Å². The predicted octanol–water partition coefficient (Wildman–Crippen LogP) is 7.18. The minimum absolute atomic E-state index is 0.0661. The fraction of sp³-hybridized carbons (Fsp3) is 0.333. The van der Waals surface area contributed by atoms with Gasteiger partial charge in [-0.1, -0.05) is 6.07 Å². The Kier molecular flexibility index (Phi) is 7.69. The fourth-order valence-electron chi connectivity index (χ4n) is 4.62. The topological polar surface area (TPSA) is 60.4 Å². The molecule has 7 heteroatoms. The number of hydrogen-bond acceptors (Lipinski definition) is 5. The van der Waals surface area contributed by atoms with Gasteiger partial charge in [-0.2, -0.15) is 0 Å². The number of halogens is 1. The molecule has 2 aliphatic heterocycles. The average molecular weight is 610 g/mol. The van der Waals surface area contributed by atoms with E-state index in [9.17, 15) is 4.79 Å². The largest absolute Gasteiger partial charge is 0.493 e. The van der Waals surface area contributed by atoms with Crippen LogP contribution in [0.2, 0.25) is 0 Å². The molecule has 1 fully saturated rings. The van der Waals surface area contributed by atoms with E-state index in [0.29, 0.717) is 30.9 Å². The zero-order chi connectivity index (χ0) is 25.9. The number of rotatable bonds is 8. The molecule has 0 N–H and O–H groups in total.